The summed E-state index contributed by atoms with van der Waals surface area (Å²) in [6.07, 6.45) is 4.49. The second kappa shape index (κ2) is 2.55. The molecule has 1 aliphatic rings. The standard InChI is InChI=1S/C10H10O2/c1-7-5-8-3-2-4-12-10(8)6-9(7)11/h2,4-6,11H,3H2,1H3. The van der Waals surface area contributed by atoms with Gasteiger partial charge in [0.15, 0.2) is 0 Å². The number of ether oxygens (including phenoxy) is 1. The fraction of sp³-hybridized carbons (Fsp3) is 0.200. The largest absolute Gasteiger partial charge is 0.508 e. The molecular weight excluding hydrogens is 152 g/mol. The van der Waals surface area contributed by atoms with Gasteiger partial charge in [0.2, 0.25) is 0 Å². The van der Waals surface area contributed by atoms with Gasteiger partial charge in [0, 0.05) is 6.07 Å². The molecule has 0 saturated heterocycles. The number of allylic oxidation sites excluding steroid dienone is 1. The van der Waals surface area contributed by atoms with Crippen LogP contribution >= 0.6 is 0 Å². The monoisotopic (exact) mass is 162 g/mol. The maximum absolute atomic E-state index is 9.37. The predicted octanol–water partition coefficient (Wildman–Crippen LogP) is 2.15. The van der Waals surface area contributed by atoms with Crippen LogP contribution in [0.15, 0.2) is 24.5 Å². The van der Waals surface area contributed by atoms with Crippen molar-refractivity contribution in [2.24, 2.45) is 0 Å². The van der Waals surface area contributed by atoms with E-state index in [0.29, 0.717) is 5.75 Å². The average molecular weight is 162 g/mol. The molecule has 0 radical (unpaired) electrons. The Labute approximate surface area is 71.1 Å². The third-order valence-electron chi connectivity index (χ3n) is 2.01. The topological polar surface area (TPSA) is 29.5 Å². The van der Waals surface area contributed by atoms with Crippen molar-refractivity contribution in [3.8, 4) is 11.5 Å². The molecule has 0 aromatic heterocycles. The number of rotatable bonds is 0. The van der Waals surface area contributed by atoms with Crippen LogP contribution in [0.4, 0.5) is 0 Å². The number of fused-ring (bicyclic) bond motifs is 1. The molecule has 1 N–H and O–H groups in total. The van der Waals surface area contributed by atoms with Crippen molar-refractivity contribution in [2.45, 2.75) is 13.3 Å². The minimum Gasteiger partial charge on any atom is -0.508 e. The highest BCUT2D eigenvalue weighted by atomic mass is 16.5. The summed E-state index contributed by atoms with van der Waals surface area (Å²) in [5, 5.41) is 9.37. The molecule has 0 bridgehead atoms. The summed E-state index contributed by atoms with van der Waals surface area (Å²) in [6.45, 7) is 1.88. The molecule has 0 aliphatic carbocycles. The first-order chi connectivity index (χ1) is 5.77. The Morgan fingerprint density at radius 1 is 1.42 bits per heavy atom. The van der Waals surface area contributed by atoms with Crippen LogP contribution in [-0.2, 0) is 6.42 Å². The first kappa shape index (κ1) is 7.22. The molecule has 1 aromatic carbocycles. The van der Waals surface area contributed by atoms with Crippen molar-refractivity contribution >= 4 is 0 Å². The van der Waals surface area contributed by atoms with E-state index in [1.54, 1.807) is 12.3 Å². The van der Waals surface area contributed by atoms with Crippen LogP contribution in [0.25, 0.3) is 0 Å². The molecule has 0 unspecified atom stereocenters. The smallest absolute Gasteiger partial charge is 0.133 e. The van der Waals surface area contributed by atoms with Gasteiger partial charge in [-0.2, -0.15) is 0 Å². The molecule has 2 heteroatoms. The minimum atomic E-state index is 0.295. The van der Waals surface area contributed by atoms with Crippen LogP contribution in [0, 0.1) is 6.92 Å². The Kier molecular flexibility index (Phi) is 1.54. The molecule has 62 valence electrons. The molecule has 0 saturated carbocycles. The maximum Gasteiger partial charge on any atom is 0.133 e. The zero-order chi connectivity index (χ0) is 8.55. The van der Waals surface area contributed by atoms with Crippen LogP contribution < -0.4 is 4.74 Å². The third kappa shape index (κ3) is 1.05. The first-order valence-electron chi connectivity index (χ1n) is 3.91. The van der Waals surface area contributed by atoms with E-state index in [0.717, 1.165) is 23.3 Å². The van der Waals surface area contributed by atoms with Gasteiger partial charge in [-0.15, -0.1) is 0 Å². The van der Waals surface area contributed by atoms with Crippen molar-refractivity contribution < 1.29 is 9.84 Å². The van der Waals surface area contributed by atoms with Crippen molar-refractivity contribution in [1.29, 1.82) is 0 Å². The zero-order valence-corrected chi connectivity index (χ0v) is 6.87. The molecule has 0 spiro atoms. The number of phenols is 1. The molecule has 0 atom stereocenters. The number of hydrogen-bond acceptors (Lipinski definition) is 2. The summed E-state index contributed by atoms with van der Waals surface area (Å²) in [5.41, 5.74) is 2.03. The molecule has 12 heavy (non-hydrogen) atoms. The summed E-state index contributed by atoms with van der Waals surface area (Å²) < 4.78 is 5.22. The fourth-order valence-electron chi connectivity index (χ4n) is 1.30. The van der Waals surface area contributed by atoms with E-state index in [4.69, 9.17) is 4.74 Å². The number of hydrogen-bond donors (Lipinski definition) is 1. The Morgan fingerprint density at radius 3 is 3.08 bits per heavy atom. The van der Waals surface area contributed by atoms with E-state index >= 15 is 0 Å². The summed E-state index contributed by atoms with van der Waals surface area (Å²) >= 11 is 0. The van der Waals surface area contributed by atoms with Gasteiger partial charge in [0.05, 0.1) is 6.26 Å². The van der Waals surface area contributed by atoms with Crippen molar-refractivity contribution in [3.63, 3.8) is 0 Å². The molecule has 1 aliphatic heterocycles. The van der Waals surface area contributed by atoms with E-state index < -0.39 is 0 Å². The first-order valence-corrected chi connectivity index (χ1v) is 3.91. The summed E-state index contributed by atoms with van der Waals surface area (Å²) in [7, 11) is 0. The molecular formula is C10H10O2. The second-order valence-corrected chi connectivity index (χ2v) is 2.94. The van der Waals surface area contributed by atoms with Gasteiger partial charge in [-0.25, -0.2) is 0 Å². The summed E-state index contributed by atoms with van der Waals surface area (Å²) in [6, 6.07) is 3.61. The molecule has 1 heterocycles. The zero-order valence-electron chi connectivity index (χ0n) is 6.87. The molecule has 1 aromatic rings. The second-order valence-electron chi connectivity index (χ2n) is 2.94. The van der Waals surface area contributed by atoms with Crippen LogP contribution in [0.2, 0.25) is 0 Å². The van der Waals surface area contributed by atoms with Gasteiger partial charge < -0.3 is 9.84 Å². The average Bonchev–Trinajstić information content (AvgIpc) is 2.07. The number of phenolic OH excluding ortho intramolecular Hbond substituents is 1. The lowest BCUT2D eigenvalue weighted by Gasteiger charge is -2.12. The highest BCUT2D eigenvalue weighted by Crippen LogP contribution is 2.30. The van der Waals surface area contributed by atoms with Crippen molar-refractivity contribution in [2.75, 3.05) is 0 Å². The van der Waals surface area contributed by atoms with Gasteiger partial charge in [0.25, 0.3) is 0 Å². The maximum atomic E-state index is 9.37. The van der Waals surface area contributed by atoms with Gasteiger partial charge >= 0.3 is 0 Å². The van der Waals surface area contributed by atoms with E-state index in [2.05, 4.69) is 0 Å². The summed E-state index contributed by atoms with van der Waals surface area (Å²) in [5.74, 6) is 1.06. The van der Waals surface area contributed by atoms with E-state index in [9.17, 15) is 5.11 Å². The van der Waals surface area contributed by atoms with Crippen LogP contribution in [-0.4, -0.2) is 5.11 Å². The van der Waals surface area contributed by atoms with Crippen LogP contribution in [0.5, 0.6) is 11.5 Å². The Morgan fingerprint density at radius 2 is 2.25 bits per heavy atom. The highest BCUT2D eigenvalue weighted by Gasteiger charge is 2.08. The normalized spacial score (nSPS) is 13.8. The van der Waals surface area contributed by atoms with Crippen LogP contribution in [0.3, 0.4) is 0 Å². The predicted molar refractivity (Wildman–Crippen MR) is 46.3 cm³/mol. The molecule has 0 amide bonds. The minimum absolute atomic E-state index is 0.295. The van der Waals surface area contributed by atoms with E-state index in [1.807, 2.05) is 19.1 Å². The van der Waals surface area contributed by atoms with Gasteiger partial charge in [-0.3, -0.25) is 0 Å². The lowest BCUT2D eigenvalue weighted by Crippen LogP contribution is -1.96. The number of aromatic hydroxyl groups is 1. The van der Waals surface area contributed by atoms with E-state index in [-0.39, 0.29) is 0 Å². The quantitative estimate of drug-likeness (QED) is 0.633. The summed E-state index contributed by atoms with van der Waals surface area (Å²) in [4.78, 5) is 0. The SMILES string of the molecule is Cc1cc2c(cc1O)OC=CC2. The Balaban J connectivity index is 2.53. The van der Waals surface area contributed by atoms with Crippen molar-refractivity contribution in [1.82, 2.24) is 0 Å². The molecule has 2 nitrogen and oxygen atoms in total. The van der Waals surface area contributed by atoms with Gasteiger partial charge in [-0.1, -0.05) is 0 Å². The van der Waals surface area contributed by atoms with E-state index in [1.165, 1.54) is 0 Å². The van der Waals surface area contributed by atoms with Gasteiger partial charge in [-0.05, 0) is 36.6 Å². The Hall–Kier alpha value is -1.44. The lowest BCUT2D eigenvalue weighted by atomic mass is 10.1. The molecule has 0 fully saturated rings. The van der Waals surface area contributed by atoms with Gasteiger partial charge in [0.1, 0.15) is 11.5 Å². The highest BCUT2D eigenvalue weighted by molar-refractivity contribution is 5.47. The Bertz CT molecular complexity index is 307. The number of aryl methyl sites for hydroxylation is 1. The molecule has 2 rings (SSSR count). The number of benzene rings is 1. The fourth-order valence-corrected chi connectivity index (χ4v) is 1.30. The lowest BCUT2D eigenvalue weighted by molar-refractivity contribution is 0.442. The van der Waals surface area contributed by atoms with Crippen molar-refractivity contribution in [3.05, 3.63) is 35.6 Å². The van der Waals surface area contributed by atoms with Crippen LogP contribution in [0.1, 0.15) is 11.1 Å². The third-order valence-corrected chi connectivity index (χ3v) is 2.01.